The highest BCUT2D eigenvalue weighted by Crippen LogP contribution is 2.31. The van der Waals surface area contributed by atoms with Gasteiger partial charge in [0.25, 0.3) is 5.91 Å². The van der Waals surface area contributed by atoms with Crippen LogP contribution in [0.25, 0.3) is 16.7 Å². The van der Waals surface area contributed by atoms with Crippen LogP contribution in [0, 0.1) is 0 Å². The second-order valence-corrected chi connectivity index (χ2v) is 8.61. The number of hydrogen-bond acceptors (Lipinski definition) is 4. The minimum Gasteiger partial charge on any atom is -0.406 e. The summed E-state index contributed by atoms with van der Waals surface area (Å²) in [5.74, 6) is -0.636. The van der Waals surface area contributed by atoms with E-state index in [-0.39, 0.29) is 29.0 Å². The van der Waals surface area contributed by atoms with Crippen LogP contribution in [0.1, 0.15) is 54.1 Å². The van der Waals surface area contributed by atoms with Crippen LogP contribution in [0.15, 0.2) is 47.4 Å². The number of alkyl halides is 3. The number of aromatic nitrogens is 3. The van der Waals surface area contributed by atoms with Gasteiger partial charge in [0, 0.05) is 30.9 Å². The molecule has 1 saturated heterocycles. The summed E-state index contributed by atoms with van der Waals surface area (Å²) in [5.41, 5.74) is 3.67. The number of H-pyrrole nitrogens is 1. The number of likely N-dealkylation sites (tertiary alicyclic amines) is 1. The van der Waals surface area contributed by atoms with Crippen LogP contribution in [0.3, 0.4) is 0 Å². The van der Waals surface area contributed by atoms with Crippen LogP contribution in [0.5, 0.6) is 5.75 Å². The van der Waals surface area contributed by atoms with Crippen LogP contribution in [0.4, 0.5) is 13.2 Å². The number of benzene rings is 1. The maximum Gasteiger partial charge on any atom is 0.573 e. The number of fused-ring (bicyclic) bond motifs is 1. The Hall–Kier alpha value is -3.56. The number of halogens is 3. The molecule has 5 rings (SSSR count). The highest BCUT2D eigenvalue weighted by atomic mass is 19.4. The quantitative estimate of drug-likeness (QED) is 0.599. The van der Waals surface area contributed by atoms with E-state index in [0.29, 0.717) is 31.6 Å². The number of carbonyl (C=O) groups is 1. The molecule has 1 N–H and O–H groups in total. The largest absolute Gasteiger partial charge is 0.573 e. The third-order valence-corrected chi connectivity index (χ3v) is 6.43. The Kier molecular flexibility index (Phi) is 5.66. The maximum atomic E-state index is 12.8. The number of nitrogens with one attached hydrogen (secondary N) is 1. The van der Waals surface area contributed by atoms with Crippen LogP contribution >= 0.6 is 0 Å². The number of hydrogen-bond donors (Lipinski definition) is 1. The van der Waals surface area contributed by atoms with Crippen molar-refractivity contribution < 1.29 is 22.7 Å². The lowest BCUT2D eigenvalue weighted by Gasteiger charge is -2.32. The molecule has 0 atom stereocenters. The predicted octanol–water partition coefficient (Wildman–Crippen LogP) is 4.67. The normalized spacial score (nSPS) is 17.3. The molecule has 10 heteroatoms. The molecule has 1 aliphatic heterocycles. The fourth-order valence-electron chi connectivity index (χ4n) is 4.78. The van der Waals surface area contributed by atoms with Gasteiger partial charge in [-0.25, -0.2) is 9.78 Å². The molecule has 0 spiro atoms. The topological polar surface area (TPSA) is 80.2 Å². The highest BCUT2D eigenvalue weighted by molar-refractivity contribution is 5.94. The van der Waals surface area contributed by atoms with Gasteiger partial charge in [0.1, 0.15) is 5.75 Å². The smallest absolute Gasteiger partial charge is 0.406 e. The number of piperidine rings is 1. The molecule has 2 aromatic heterocycles. The number of imidazole rings is 1. The molecule has 1 amide bonds. The first-order valence-corrected chi connectivity index (χ1v) is 11.2. The molecule has 0 unspecified atom stereocenters. The molecule has 3 aromatic rings. The fourth-order valence-corrected chi connectivity index (χ4v) is 4.78. The van der Waals surface area contributed by atoms with Gasteiger partial charge in [-0.1, -0.05) is 6.08 Å². The number of amides is 1. The summed E-state index contributed by atoms with van der Waals surface area (Å²) in [6.45, 7) is 0.864. The zero-order valence-corrected chi connectivity index (χ0v) is 18.3. The summed E-state index contributed by atoms with van der Waals surface area (Å²) in [5, 5.41) is 0. The van der Waals surface area contributed by atoms with E-state index in [0.717, 1.165) is 42.5 Å². The number of allylic oxidation sites excluding steroid dienone is 2. The Balaban J connectivity index is 1.29. The SMILES string of the molecule is O=C(c1ccc(OC(F)(F)F)cc1)N1CCC(n2c(=O)[nH]c3ncc(C4=CCCC4)cc32)CC1. The van der Waals surface area contributed by atoms with Gasteiger partial charge in [-0.15, -0.1) is 13.2 Å². The first-order chi connectivity index (χ1) is 16.3. The van der Waals surface area contributed by atoms with Gasteiger partial charge in [0.05, 0.1) is 5.52 Å². The van der Waals surface area contributed by atoms with Gasteiger partial charge in [0.2, 0.25) is 0 Å². The number of rotatable bonds is 4. The van der Waals surface area contributed by atoms with E-state index >= 15 is 0 Å². The minimum atomic E-state index is -4.78. The molecule has 1 fully saturated rings. The summed E-state index contributed by atoms with van der Waals surface area (Å²) < 4.78 is 42.6. The van der Waals surface area contributed by atoms with Gasteiger partial charge in [0.15, 0.2) is 5.65 Å². The molecule has 0 bridgehead atoms. The van der Waals surface area contributed by atoms with E-state index in [1.807, 2.05) is 6.07 Å². The molecular weight excluding hydrogens is 449 g/mol. The Labute approximate surface area is 192 Å². The molecule has 1 aromatic carbocycles. The number of carbonyl (C=O) groups excluding carboxylic acids is 1. The molecule has 2 aliphatic rings. The summed E-state index contributed by atoms with van der Waals surface area (Å²) in [7, 11) is 0. The summed E-state index contributed by atoms with van der Waals surface area (Å²) in [6.07, 6.45) is 3.58. The summed E-state index contributed by atoms with van der Waals surface area (Å²) in [6, 6.07) is 6.84. The van der Waals surface area contributed by atoms with Crippen LogP contribution < -0.4 is 10.4 Å². The maximum absolute atomic E-state index is 12.8. The molecule has 0 saturated carbocycles. The number of aromatic amines is 1. The van der Waals surface area contributed by atoms with Gasteiger partial charge in [-0.3, -0.25) is 14.3 Å². The third-order valence-electron chi connectivity index (χ3n) is 6.43. The lowest BCUT2D eigenvalue weighted by atomic mass is 10.0. The van der Waals surface area contributed by atoms with Crippen molar-refractivity contribution in [1.29, 1.82) is 0 Å². The second-order valence-electron chi connectivity index (χ2n) is 8.61. The monoisotopic (exact) mass is 472 g/mol. The van der Waals surface area contributed by atoms with Crippen molar-refractivity contribution in [2.24, 2.45) is 0 Å². The fraction of sp³-hybridized carbons (Fsp3) is 0.375. The Morgan fingerprint density at radius 1 is 1.15 bits per heavy atom. The molecule has 178 valence electrons. The molecule has 3 heterocycles. The van der Waals surface area contributed by atoms with Crippen molar-refractivity contribution in [2.45, 2.75) is 44.5 Å². The van der Waals surface area contributed by atoms with E-state index in [9.17, 15) is 22.8 Å². The first kappa shape index (κ1) is 22.2. The molecule has 1 aliphatic carbocycles. The first-order valence-electron chi connectivity index (χ1n) is 11.2. The van der Waals surface area contributed by atoms with Crippen molar-refractivity contribution in [1.82, 2.24) is 19.4 Å². The summed E-state index contributed by atoms with van der Waals surface area (Å²) in [4.78, 5) is 34.5. The second kappa shape index (κ2) is 8.66. The Morgan fingerprint density at radius 2 is 1.88 bits per heavy atom. The zero-order valence-electron chi connectivity index (χ0n) is 18.3. The average molecular weight is 472 g/mol. The molecule has 34 heavy (non-hydrogen) atoms. The Bertz CT molecular complexity index is 1300. The van der Waals surface area contributed by atoms with Gasteiger partial charge < -0.3 is 9.64 Å². The number of pyridine rings is 1. The van der Waals surface area contributed by atoms with Crippen LogP contribution in [0.2, 0.25) is 0 Å². The number of ether oxygens (including phenoxy) is 1. The molecular formula is C24H23F3N4O3. The van der Waals surface area contributed by atoms with Crippen molar-refractivity contribution in [3.63, 3.8) is 0 Å². The lowest BCUT2D eigenvalue weighted by molar-refractivity contribution is -0.274. The molecule has 7 nitrogen and oxygen atoms in total. The Morgan fingerprint density at radius 3 is 2.53 bits per heavy atom. The standard InChI is InChI=1S/C24H23F3N4O3/c25-24(26,27)34-19-7-5-16(6-8-19)22(32)30-11-9-18(10-12-30)31-20-13-17(15-3-1-2-4-15)14-28-21(20)29-23(31)33/h3,5-8,13-14,18H,1-2,4,9-12H2,(H,28,29,33). The third kappa shape index (κ3) is 4.44. The van der Waals surface area contributed by atoms with E-state index < -0.39 is 6.36 Å². The summed E-state index contributed by atoms with van der Waals surface area (Å²) >= 11 is 0. The van der Waals surface area contributed by atoms with E-state index in [1.165, 1.54) is 17.7 Å². The van der Waals surface area contributed by atoms with Gasteiger partial charge in [-0.2, -0.15) is 0 Å². The number of nitrogens with zero attached hydrogens (tertiary/aromatic N) is 3. The van der Waals surface area contributed by atoms with Crippen molar-refractivity contribution in [3.05, 3.63) is 64.2 Å². The van der Waals surface area contributed by atoms with E-state index in [4.69, 9.17) is 0 Å². The van der Waals surface area contributed by atoms with E-state index in [1.54, 1.807) is 15.7 Å². The van der Waals surface area contributed by atoms with Crippen molar-refractivity contribution in [2.75, 3.05) is 13.1 Å². The van der Waals surface area contributed by atoms with Gasteiger partial charge in [-0.05, 0) is 73.6 Å². The van der Waals surface area contributed by atoms with Crippen LogP contribution in [-0.4, -0.2) is 44.8 Å². The zero-order chi connectivity index (χ0) is 23.9. The van der Waals surface area contributed by atoms with Gasteiger partial charge >= 0.3 is 12.1 Å². The highest BCUT2D eigenvalue weighted by Gasteiger charge is 2.31. The predicted molar refractivity (Wildman–Crippen MR) is 119 cm³/mol. The minimum absolute atomic E-state index is 0.0810. The average Bonchev–Trinajstić information content (AvgIpc) is 3.45. The van der Waals surface area contributed by atoms with E-state index in [2.05, 4.69) is 20.8 Å². The van der Waals surface area contributed by atoms with Crippen LogP contribution in [-0.2, 0) is 0 Å². The lowest BCUT2D eigenvalue weighted by Crippen LogP contribution is -2.40. The van der Waals surface area contributed by atoms with Crippen molar-refractivity contribution in [3.8, 4) is 5.75 Å². The molecule has 0 radical (unpaired) electrons. The van der Waals surface area contributed by atoms with Crippen molar-refractivity contribution >= 4 is 22.6 Å².